The number of fused-ring (bicyclic) bond motifs is 1. The van der Waals surface area contributed by atoms with E-state index in [-0.39, 0.29) is 0 Å². The highest BCUT2D eigenvalue weighted by Gasteiger charge is 2.27. The summed E-state index contributed by atoms with van der Waals surface area (Å²) >= 11 is 7.82. The Balaban J connectivity index is 1.51. The summed E-state index contributed by atoms with van der Waals surface area (Å²) in [6.45, 7) is 3.14. The number of rotatable bonds is 3. The fourth-order valence-corrected chi connectivity index (χ4v) is 3.81. The molecule has 108 valence electrons. The SMILES string of the molecule is Clc1ccc2oc([C@H]3CCN(Cc4cccs4)C3)nc2c1. The highest BCUT2D eigenvalue weighted by atomic mass is 35.5. The predicted molar refractivity (Wildman–Crippen MR) is 86.0 cm³/mol. The summed E-state index contributed by atoms with van der Waals surface area (Å²) in [5.74, 6) is 1.23. The average molecular weight is 319 g/mol. The first kappa shape index (κ1) is 13.3. The number of hydrogen-bond donors (Lipinski definition) is 0. The van der Waals surface area contributed by atoms with E-state index in [1.807, 2.05) is 29.5 Å². The van der Waals surface area contributed by atoms with Crippen LogP contribution in [0.1, 0.15) is 23.1 Å². The Bertz CT molecular complexity index is 753. The smallest absolute Gasteiger partial charge is 0.199 e. The van der Waals surface area contributed by atoms with Crippen LogP contribution in [-0.2, 0) is 6.54 Å². The van der Waals surface area contributed by atoms with Gasteiger partial charge in [-0.2, -0.15) is 0 Å². The Morgan fingerprint density at radius 1 is 1.38 bits per heavy atom. The maximum absolute atomic E-state index is 6.00. The summed E-state index contributed by atoms with van der Waals surface area (Å²) < 4.78 is 5.90. The normalized spacial score (nSPS) is 19.6. The van der Waals surface area contributed by atoms with Gasteiger partial charge >= 0.3 is 0 Å². The van der Waals surface area contributed by atoms with Gasteiger partial charge in [0.25, 0.3) is 0 Å². The molecule has 0 amide bonds. The van der Waals surface area contributed by atoms with E-state index in [0.717, 1.165) is 43.0 Å². The zero-order chi connectivity index (χ0) is 14.2. The molecule has 0 unspecified atom stereocenters. The van der Waals surface area contributed by atoms with Crippen molar-refractivity contribution in [3.8, 4) is 0 Å². The molecule has 0 bridgehead atoms. The minimum Gasteiger partial charge on any atom is -0.440 e. The molecule has 3 aromatic rings. The summed E-state index contributed by atoms with van der Waals surface area (Å²) in [4.78, 5) is 8.50. The van der Waals surface area contributed by atoms with Crippen molar-refractivity contribution in [2.45, 2.75) is 18.9 Å². The number of halogens is 1. The van der Waals surface area contributed by atoms with Crippen molar-refractivity contribution in [2.24, 2.45) is 0 Å². The van der Waals surface area contributed by atoms with Gasteiger partial charge in [-0.3, -0.25) is 4.90 Å². The first-order chi connectivity index (χ1) is 10.3. The lowest BCUT2D eigenvalue weighted by atomic mass is 10.1. The van der Waals surface area contributed by atoms with Gasteiger partial charge in [-0.15, -0.1) is 11.3 Å². The van der Waals surface area contributed by atoms with Crippen molar-refractivity contribution >= 4 is 34.0 Å². The van der Waals surface area contributed by atoms with Crippen LogP contribution in [0.3, 0.4) is 0 Å². The Morgan fingerprint density at radius 2 is 2.33 bits per heavy atom. The van der Waals surface area contributed by atoms with Crippen molar-refractivity contribution in [2.75, 3.05) is 13.1 Å². The molecule has 0 radical (unpaired) electrons. The maximum atomic E-state index is 6.00. The average Bonchev–Trinajstić information content (AvgIpc) is 3.18. The fourth-order valence-electron chi connectivity index (χ4n) is 2.89. The molecule has 0 aliphatic carbocycles. The van der Waals surface area contributed by atoms with Crippen LogP contribution in [0, 0.1) is 0 Å². The lowest BCUT2D eigenvalue weighted by molar-refractivity contribution is 0.323. The van der Waals surface area contributed by atoms with Gasteiger partial charge in [-0.1, -0.05) is 17.7 Å². The number of aromatic nitrogens is 1. The van der Waals surface area contributed by atoms with Crippen molar-refractivity contribution in [1.29, 1.82) is 0 Å². The Kier molecular flexibility index (Phi) is 3.45. The van der Waals surface area contributed by atoms with E-state index in [1.165, 1.54) is 4.88 Å². The monoisotopic (exact) mass is 318 g/mol. The molecule has 1 fully saturated rings. The Hall–Kier alpha value is -1.36. The molecule has 5 heteroatoms. The minimum absolute atomic E-state index is 0.385. The molecule has 1 saturated heterocycles. The van der Waals surface area contributed by atoms with Gasteiger partial charge in [-0.25, -0.2) is 4.98 Å². The predicted octanol–water partition coefficient (Wildman–Crippen LogP) is 4.53. The highest BCUT2D eigenvalue weighted by molar-refractivity contribution is 7.09. The molecule has 1 aliphatic rings. The van der Waals surface area contributed by atoms with Crippen molar-refractivity contribution in [3.63, 3.8) is 0 Å². The lowest BCUT2D eigenvalue weighted by Gasteiger charge is -2.13. The molecule has 1 aliphatic heterocycles. The fraction of sp³-hybridized carbons (Fsp3) is 0.312. The molecule has 0 spiro atoms. The minimum atomic E-state index is 0.385. The number of nitrogens with zero attached hydrogens (tertiary/aromatic N) is 2. The van der Waals surface area contributed by atoms with E-state index in [9.17, 15) is 0 Å². The van der Waals surface area contributed by atoms with Gasteiger partial charge in [0.15, 0.2) is 11.5 Å². The third-order valence-electron chi connectivity index (χ3n) is 3.95. The van der Waals surface area contributed by atoms with Crippen LogP contribution < -0.4 is 0 Å². The zero-order valence-electron chi connectivity index (χ0n) is 11.5. The summed E-state index contributed by atoms with van der Waals surface area (Å²) in [5.41, 5.74) is 1.68. The summed E-state index contributed by atoms with van der Waals surface area (Å²) in [7, 11) is 0. The van der Waals surface area contributed by atoms with Crippen LogP contribution in [0.4, 0.5) is 0 Å². The van der Waals surface area contributed by atoms with Gasteiger partial charge in [0.05, 0.1) is 0 Å². The quantitative estimate of drug-likeness (QED) is 0.710. The summed E-state index contributed by atoms with van der Waals surface area (Å²) in [6.07, 6.45) is 1.10. The highest BCUT2D eigenvalue weighted by Crippen LogP contribution is 2.31. The molecule has 4 rings (SSSR count). The largest absolute Gasteiger partial charge is 0.440 e. The first-order valence-electron chi connectivity index (χ1n) is 7.09. The molecule has 1 aromatic carbocycles. The molecular formula is C16H15ClN2OS. The molecule has 21 heavy (non-hydrogen) atoms. The Morgan fingerprint density at radius 3 is 3.19 bits per heavy atom. The van der Waals surface area contributed by atoms with E-state index in [2.05, 4.69) is 27.4 Å². The number of benzene rings is 1. The number of likely N-dealkylation sites (tertiary alicyclic amines) is 1. The topological polar surface area (TPSA) is 29.3 Å². The molecule has 3 heterocycles. The Labute approximate surface area is 132 Å². The number of hydrogen-bond acceptors (Lipinski definition) is 4. The van der Waals surface area contributed by atoms with Crippen LogP contribution in [0.25, 0.3) is 11.1 Å². The van der Waals surface area contributed by atoms with E-state index in [4.69, 9.17) is 16.0 Å². The molecule has 3 nitrogen and oxygen atoms in total. The molecule has 0 saturated carbocycles. The molecule has 1 atom stereocenters. The lowest BCUT2D eigenvalue weighted by Crippen LogP contribution is -2.19. The van der Waals surface area contributed by atoms with Crippen LogP contribution in [0.5, 0.6) is 0 Å². The van der Waals surface area contributed by atoms with Crippen LogP contribution in [0.2, 0.25) is 5.02 Å². The van der Waals surface area contributed by atoms with Crippen molar-refractivity contribution in [3.05, 3.63) is 51.5 Å². The van der Waals surface area contributed by atoms with E-state index in [0.29, 0.717) is 10.9 Å². The van der Waals surface area contributed by atoms with Gasteiger partial charge in [0, 0.05) is 28.9 Å². The van der Waals surface area contributed by atoms with E-state index < -0.39 is 0 Å². The van der Waals surface area contributed by atoms with Gasteiger partial charge < -0.3 is 4.42 Å². The molecule has 0 N–H and O–H groups in total. The summed E-state index contributed by atoms with van der Waals surface area (Å²) in [6, 6.07) is 9.91. The molecular weight excluding hydrogens is 304 g/mol. The van der Waals surface area contributed by atoms with E-state index >= 15 is 0 Å². The van der Waals surface area contributed by atoms with Crippen molar-refractivity contribution < 1.29 is 4.42 Å². The van der Waals surface area contributed by atoms with Gasteiger partial charge in [0.2, 0.25) is 0 Å². The van der Waals surface area contributed by atoms with E-state index in [1.54, 1.807) is 0 Å². The second-order valence-corrected chi connectivity index (χ2v) is 6.93. The third kappa shape index (κ3) is 2.71. The zero-order valence-corrected chi connectivity index (χ0v) is 13.0. The maximum Gasteiger partial charge on any atom is 0.199 e. The molecule has 2 aromatic heterocycles. The second kappa shape index (κ2) is 5.44. The van der Waals surface area contributed by atoms with Gasteiger partial charge in [-0.05, 0) is 42.6 Å². The second-order valence-electron chi connectivity index (χ2n) is 5.46. The standard InChI is InChI=1S/C16H15ClN2OS/c17-12-3-4-15-14(8-12)18-16(20-15)11-5-6-19(9-11)10-13-2-1-7-21-13/h1-4,7-8,11H,5-6,9-10H2/t11-/m0/s1. The number of thiophene rings is 1. The van der Waals surface area contributed by atoms with Crippen molar-refractivity contribution in [1.82, 2.24) is 9.88 Å². The summed E-state index contributed by atoms with van der Waals surface area (Å²) in [5, 5.41) is 2.83. The van der Waals surface area contributed by atoms with Crippen LogP contribution in [0.15, 0.2) is 40.1 Å². The van der Waals surface area contributed by atoms with Crippen LogP contribution >= 0.6 is 22.9 Å². The number of oxazole rings is 1. The van der Waals surface area contributed by atoms with Gasteiger partial charge in [0.1, 0.15) is 5.52 Å². The van der Waals surface area contributed by atoms with Crippen LogP contribution in [-0.4, -0.2) is 23.0 Å². The third-order valence-corrected chi connectivity index (χ3v) is 5.04. The first-order valence-corrected chi connectivity index (χ1v) is 8.34.